The number of rotatable bonds is 24. The number of ether oxygens (including phenoxy) is 2. The average molecular weight is 495 g/mol. The average Bonchev–Trinajstić information content (AvgIpc) is 2.83. The Balaban J connectivity index is 4.99. The van der Waals surface area contributed by atoms with Gasteiger partial charge in [-0.05, 0) is 31.6 Å². The minimum atomic E-state index is -0.328. The van der Waals surface area contributed by atoms with Crippen LogP contribution in [0.15, 0.2) is 11.1 Å². The molecule has 4 nitrogen and oxygen atoms in total. The molecule has 0 aromatic carbocycles. The summed E-state index contributed by atoms with van der Waals surface area (Å²) < 4.78 is 11.3. The van der Waals surface area contributed by atoms with Gasteiger partial charge in [0, 0.05) is 5.57 Å². The number of esters is 2. The molecule has 0 saturated carbocycles. The van der Waals surface area contributed by atoms with E-state index in [-0.39, 0.29) is 17.9 Å². The molecular formula is C31H58O4. The third kappa shape index (κ3) is 18.6. The Bertz CT molecular complexity index is 550. The number of hydrogen-bond donors (Lipinski definition) is 0. The lowest BCUT2D eigenvalue weighted by atomic mass is 9.93. The van der Waals surface area contributed by atoms with Crippen LogP contribution in [0.5, 0.6) is 0 Å². The molecule has 0 aromatic heterocycles. The standard InChI is InChI=1S/C31H58O4/c1-6-9-12-15-18-21-24-28(30(32)34-25-22-19-16-13-10-7-2)29(27(4)5)31(33)35-26-23-20-17-14-11-8-3/h27H,6-26H2,1-5H3. The molecule has 0 unspecified atom stereocenters. The molecule has 0 aromatic rings. The highest BCUT2D eigenvalue weighted by Gasteiger charge is 2.25. The van der Waals surface area contributed by atoms with Crippen molar-refractivity contribution in [1.29, 1.82) is 0 Å². The maximum absolute atomic E-state index is 13.1. The van der Waals surface area contributed by atoms with Crippen molar-refractivity contribution in [2.75, 3.05) is 13.2 Å². The third-order valence-electron chi connectivity index (χ3n) is 6.61. The van der Waals surface area contributed by atoms with Gasteiger partial charge in [-0.2, -0.15) is 0 Å². The van der Waals surface area contributed by atoms with Crippen molar-refractivity contribution >= 4 is 11.9 Å². The normalized spacial score (nSPS) is 12.1. The van der Waals surface area contributed by atoms with Crippen LogP contribution in [0.25, 0.3) is 0 Å². The summed E-state index contributed by atoms with van der Waals surface area (Å²) in [6.45, 7) is 11.5. The summed E-state index contributed by atoms with van der Waals surface area (Å²) >= 11 is 0. The van der Waals surface area contributed by atoms with Crippen LogP contribution in [-0.4, -0.2) is 25.2 Å². The molecule has 4 heteroatoms. The lowest BCUT2D eigenvalue weighted by Crippen LogP contribution is -2.21. The molecule has 0 aliphatic carbocycles. The molecule has 0 aliphatic heterocycles. The monoisotopic (exact) mass is 494 g/mol. The Morgan fingerprint density at radius 2 is 0.886 bits per heavy atom. The number of carbonyl (C=O) groups is 2. The van der Waals surface area contributed by atoms with Gasteiger partial charge in [0.25, 0.3) is 0 Å². The fourth-order valence-corrected chi connectivity index (χ4v) is 4.40. The van der Waals surface area contributed by atoms with Crippen LogP contribution in [0.2, 0.25) is 0 Å². The van der Waals surface area contributed by atoms with Gasteiger partial charge in [0.1, 0.15) is 0 Å². The molecule has 206 valence electrons. The molecule has 0 N–H and O–H groups in total. The molecule has 0 saturated heterocycles. The SMILES string of the molecule is CCCCCCCCOC(=O)C(CCCCCCCC)=C(C(=O)OCCCCCCCC)C(C)C. The summed E-state index contributed by atoms with van der Waals surface area (Å²) in [6.07, 6.45) is 21.3. The number of carbonyl (C=O) groups excluding carboxylic acids is 2. The van der Waals surface area contributed by atoms with E-state index >= 15 is 0 Å². The van der Waals surface area contributed by atoms with Crippen LogP contribution in [0, 0.1) is 5.92 Å². The minimum absolute atomic E-state index is 0.0660. The zero-order valence-electron chi connectivity index (χ0n) is 24.1. The molecule has 0 rings (SSSR count). The van der Waals surface area contributed by atoms with E-state index in [4.69, 9.17) is 9.47 Å². The molecule has 0 bridgehead atoms. The molecule has 0 amide bonds. The first-order valence-electron chi connectivity index (χ1n) is 15.1. The molecule has 35 heavy (non-hydrogen) atoms. The first-order chi connectivity index (χ1) is 17.0. The van der Waals surface area contributed by atoms with E-state index in [1.165, 1.54) is 77.0 Å². The zero-order chi connectivity index (χ0) is 26.2. The van der Waals surface area contributed by atoms with Gasteiger partial charge in [-0.15, -0.1) is 0 Å². The van der Waals surface area contributed by atoms with Crippen molar-refractivity contribution < 1.29 is 19.1 Å². The predicted molar refractivity (Wildman–Crippen MR) is 149 cm³/mol. The first kappa shape index (κ1) is 33.7. The Labute approximate surface area is 218 Å². The minimum Gasteiger partial charge on any atom is -0.462 e. The Hall–Kier alpha value is -1.32. The van der Waals surface area contributed by atoms with Gasteiger partial charge < -0.3 is 9.47 Å². The lowest BCUT2D eigenvalue weighted by molar-refractivity contribution is -0.143. The number of hydrogen-bond acceptors (Lipinski definition) is 4. The van der Waals surface area contributed by atoms with Crippen LogP contribution in [0.1, 0.15) is 157 Å². The summed E-state index contributed by atoms with van der Waals surface area (Å²) in [5, 5.41) is 0. The molecule has 0 atom stereocenters. The van der Waals surface area contributed by atoms with Gasteiger partial charge in [0.2, 0.25) is 0 Å². The van der Waals surface area contributed by atoms with Crippen molar-refractivity contribution in [3.05, 3.63) is 11.1 Å². The number of unbranched alkanes of at least 4 members (excludes halogenated alkanes) is 15. The van der Waals surface area contributed by atoms with Gasteiger partial charge in [0.15, 0.2) is 0 Å². The summed E-state index contributed by atoms with van der Waals surface area (Å²) in [5.41, 5.74) is 1.08. The van der Waals surface area contributed by atoms with Crippen molar-refractivity contribution in [1.82, 2.24) is 0 Å². The first-order valence-corrected chi connectivity index (χ1v) is 15.1. The van der Waals surface area contributed by atoms with E-state index in [9.17, 15) is 9.59 Å². The topological polar surface area (TPSA) is 52.6 Å². The van der Waals surface area contributed by atoms with E-state index in [1.54, 1.807) is 0 Å². The Kier molecular flexibility index (Phi) is 23.5. The van der Waals surface area contributed by atoms with Gasteiger partial charge >= 0.3 is 11.9 Å². The molecular weight excluding hydrogens is 436 g/mol. The molecule has 0 spiro atoms. The van der Waals surface area contributed by atoms with Crippen LogP contribution in [-0.2, 0) is 19.1 Å². The van der Waals surface area contributed by atoms with Crippen molar-refractivity contribution in [3.8, 4) is 0 Å². The summed E-state index contributed by atoms with van der Waals surface area (Å²) in [4.78, 5) is 26.1. The lowest BCUT2D eigenvalue weighted by Gasteiger charge is -2.17. The molecule has 0 heterocycles. The van der Waals surface area contributed by atoms with Crippen LogP contribution < -0.4 is 0 Å². The highest BCUT2D eigenvalue weighted by molar-refractivity contribution is 6.00. The smallest absolute Gasteiger partial charge is 0.334 e. The van der Waals surface area contributed by atoms with Crippen molar-refractivity contribution in [2.24, 2.45) is 5.92 Å². The van der Waals surface area contributed by atoms with Crippen LogP contribution >= 0.6 is 0 Å². The second-order valence-electron chi connectivity index (χ2n) is 10.4. The van der Waals surface area contributed by atoms with Crippen LogP contribution in [0.3, 0.4) is 0 Å². The molecule has 0 fully saturated rings. The third-order valence-corrected chi connectivity index (χ3v) is 6.61. The van der Waals surface area contributed by atoms with E-state index in [0.717, 1.165) is 38.5 Å². The summed E-state index contributed by atoms with van der Waals surface area (Å²) in [5.74, 6) is -0.706. The fourth-order valence-electron chi connectivity index (χ4n) is 4.40. The summed E-state index contributed by atoms with van der Waals surface area (Å²) in [7, 11) is 0. The van der Waals surface area contributed by atoms with Gasteiger partial charge in [0.05, 0.1) is 18.8 Å². The molecule has 0 radical (unpaired) electrons. The predicted octanol–water partition coefficient (Wildman–Crippen LogP) is 9.50. The highest BCUT2D eigenvalue weighted by Crippen LogP contribution is 2.24. The molecule has 0 aliphatic rings. The van der Waals surface area contributed by atoms with Gasteiger partial charge in [-0.1, -0.05) is 131 Å². The quantitative estimate of drug-likeness (QED) is 0.0761. The Morgan fingerprint density at radius 3 is 1.31 bits per heavy atom. The second-order valence-corrected chi connectivity index (χ2v) is 10.4. The summed E-state index contributed by atoms with van der Waals surface area (Å²) in [6, 6.07) is 0. The van der Waals surface area contributed by atoms with Crippen molar-refractivity contribution in [3.63, 3.8) is 0 Å². The maximum Gasteiger partial charge on any atom is 0.334 e. The van der Waals surface area contributed by atoms with Crippen molar-refractivity contribution in [2.45, 2.75) is 157 Å². The van der Waals surface area contributed by atoms with E-state index in [1.807, 2.05) is 13.8 Å². The highest BCUT2D eigenvalue weighted by atomic mass is 16.5. The van der Waals surface area contributed by atoms with E-state index in [2.05, 4.69) is 20.8 Å². The Morgan fingerprint density at radius 1 is 0.514 bits per heavy atom. The largest absolute Gasteiger partial charge is 0.462 e. The van der Waals surface area contributed by atoms with Gasteiger partial charge in [-0.25, -0.2) is 9.59 Å². The van der Waals surface area contributed by atoms with E-state index in [0.29, 0.717) is 30.8 Å². The second kappa shape index (κ2) is 24.4. The maximum atomic E-state index is 13.1. The van der Waals surface area contributed by atoms with Crippen LogP contribution in [0.4, 0.5) is 0 Å². The fraction of sp³-hybridized carbons (Fsp3) is 0.871. The van der Waals surface area contributed by atoms with E-state index < -0.39 is 0 Å². The zero-order valence-corrected chi connectivity index (χ0v) is 24.1. The van der Waals surface area contributed by atoms with Gasteiger partial charge in [-0.3, -0.25) is 0 Å².